The summed E-state index contributed by atoms with van der Waals surface area (Å²) in [5.41, 5.74) is -0.670. The van der Waals surface area contributed by atoms with Gasteiger partial charge in [0.1, 0.15) is 6.29 Å². The second-order valence-corrected chi connectivity index (χ2v) is 4.24. The maximum absolute atomic E-state index is 13.0. The van der Waals surface area contributed by atoms with Crippen molar-refractivity contribution in [1.29, 1.82) is 0 Å². The monoisotopic (exact) mass is 271 g/mol. The number of hydrogen-bond donors (Lipinski definition) is 0. The zero-order valence-corrected chi connectivity index (χ0v) is 10.7. The Kier molecular flexibility index (Phi) is 5.15. The number of carbonyl (C=O) groups excluding carboxylic acids is 1. The number of rotatable bonds is 6. The summed E-state index contributed by atoms with van der Waals surface area (Å²) in [6.07, 6.45) is -0.851. The van der Waals surface area contributed by atoms with Crippen LogP contribution < -0.4 is 4.90 Å². The summed E-state index contributed by atoms with van der Waals surface area (Å²) in [5.74, 6) is 0. The Labute approximate surface area is 110 Å². The molecule has 0 bridgehead atoms. The van der Waals surface area contributed by atoms with Crippen LogP contribution in [-0.2, 0) is 6.18 Å². The van der Waals surface area contributed by atoms with E-state index < -0.39 is 11.7 Å². The van der Waals surface area contributed by atoms with Crippen LogP contribution in [0.2, 0.25) is 0 Å². The van der Waals surface area contributed by atoms with E-state index in [2.05, 4.69) is 6.58 Å². The molecule has 0 atom stereocenters. The van der Waals surface area contributed by atoms with E-state index in [4.69, 9.17) is 0 Å². The number of alkyl halides is 3. The lowest BCUT2D eigenvalue weighted by molar-refractivity contribution is -0.137. The molecule has 0 radical (unpaired) electrons. The van der Waals surface area contributed by atoms with E-state index in [9.17, 15) is 18.0 Å². The molecule has 0 aliphatic rings. The van der Waals surface area contributed by atoms with E-state index in [0.717, 1.165) is 18.9 Å². The fraction of sp³-hybridized carbons (Fsp3) is 0.357. The van der Waals surface area contributed by atoms with Crippen molar-refractivity contribution in [2.75, 3.05) is 18.5 Å². The number of hydrogen-bond acceptors (Lipinski definition) is 2. The van der Waals surface area contributed by atoms with E-state index in [0.29, 0.717) is 12.8 Å². The molecule has 2 nitrogen and oxygen atoms in total. The molecule has 5 heteroatoms. The van der Waals surface area contributed by atoms with Crippen LogP contribution in [0, 0.1) is 0 Å². The van der Waals surface area contributed by atoms with Crippen LogP contribution in [0.15, 0.2) is 30.9 Å². The van der Waals surface area contributed by atoms with Gasteiger partial charge in [-0.2, -0.15) is 13.2 Å². The molecular weight excluding hydrogens is 255 g/mol. The Balaban J connectivity index is 3.05. The Bertz CT molecular complexity index is 454. The summed E-state index contributed by atoms with van der Waals surface area (Å²) in [6.45, 7) is 4.07. The molecule has 104 valence electrons. The summed E-state index contributed by atoms with van der Waals surface area (Å²) < 4.78 is 38.9. The van der Waals surface area contributed by atoms with Crippen molar-refractivity contribution in [3.8, 4) is 0 Å². The van der Waals surface area contributed by atoms with Crippen molar-refractivity contribution >= 4 is 12.0 Å². The minimum Gasteiger partial charge on any atom is -0.374 e. The van der Waals surface area contributed by atoms with Crippen molar-refractivity contribution in [1.82, 2.24) is 0 Å². The van der Waals surface area contributed by atoms with Gasteiger partial charge in [-0.3, -0.25) is 4.79 Å². The SMILES string of the molecule is C=CCCCN(C)c1ccc(C=O)cc1C(F)(F)F. The molecule has 19 heavy (non-hydrogen) atoms. The molecule has 0 aromatic heterocycles. The predicted molar refractivity (Wildman–Crippen MR) is 69.5 cm³/mol. The van der Waals surface area contributed by atoms with E-state index in [1.165, 1.54) is 12.1 Å². The normalized spacial score (nSPS) is 11.2. The van der Waals surface area contributed by atoms with Gasteiger partial charge < -0.3 is 4.90 Å². The molecule has 0 fully saturated rings. The lowest BCUT2D eigenvalue weighted by Gasteiger charge is -2.23. The second-order valence-electron chi connectivity index (χ2n) is 4.24. The van der Waals surface area contributed by atoms with Gasteiger partial charge in [-0.15, -0.1) is 6.58 Å². The van der Waals surface area contributed by atoms with E-state index >= 15 is 0 Å². The topological polar surface area (TPSA) is 20.3 Å². The maximum atomic E-state index is 13.0. The molecule has 1 aromatic carbocycles. The number of allylic oxidation sites excluding steroid dienone is 1. The van der Waals surface area contributed by atoms with E-state index in [-0.39, 0.29) is 11.3 Å². The summed E-state index contributed by atoms with van der Waals surface area (Å²) in [5, 5.41) is 0. The average Bonchev–Trinajstić information content (AvgIpc) is 2.37. The first-order chi connectivity index (χ1) is 8.90. The first-order valence-corrected chi connectivity index (χ1v) is 5.88. The Morgan fingerprint density at radius 3 is 2.58 bits per heavy atom. The third-order valence-electron chi connectivity index (χ3n) is 2.78. The van der Waals surface area contributed by atoms with Gasteiger partial charge in [0.2, 0.25) is 0 Å². The number of carbonyl (C=O) groups is 1. The molecule has 0 aliphatic heterocycles. The van der Waals surface area contributed by atoms with Gasteiger partial charge in [0.05, 0.1) is 5.56 Å². The van der Waals surface area contributed by atoms with E-state index in [1.54, 1.807) is 18.0 Å². The number of unbranched alkanes of at least 4 members (excludes halogenated alkanes) is 1. The van der Waals surface area contributed by atoms with Crippen LogP contribution in [-0.4, -0.2) is 19.9 Å². The quantitative estimate of drug-likeness (QED) is 0.444. The third kappa shape index (κ3) is 4.12. The Hall–Kier alpha value is -1.78. The van der Waals surface area contributed by atoms with Crippen molar-refractivity contribution in [2.24, 2.45) is 0 Å². The first kappa shape index (κ1) is 15.3. The van der Waals surface area contributed by atoms with Crippen LogP contribution in [0.25, 0.3) is 0 Å². The molecule has 1 aromatic rings. The van der Waals surface area contributed by atoms with Crippen LogP contribution in [0.3, 0.4) is 0 Å². The minimum atomic E-state index is -4.47. The smallest absolute Gasteiger partial charge is 0.374 e. The fourth-order valence-electron chi connectivity index (χ4n) is 1.78. The second kappa shape index (κ2) is 6.41. The lowest BCUT2D eigenvalue weighted by atomic mass is 10.1. The van der Waals surface area contributed by atoms with Gasteiger partial charge >= 0.3 is 6.18 Å². The van der Waals surface area contributed by atoms with Crippen molar-refractivity contribution in [3.63, 3.8) is 0 Å². The van der Waals surface area contributed by atoms with Crippen LogP contribution >= 0.6 is 0 Å². The summed E-state index contributed by atoms with van der Waals surface area (Å²) in [4.78, 5) is 12.1. The number of aldehydes is 1. The summed E-state index contributed by atoms with van der Waals surface area (Å²) in [6, 6.07) is 3.61. The average molecular weight is 271 g/mol. The van der Waals surface area contributed by atoms with Crippen LogP contribution in [0.5, 0.6) is 0 Å². The van der Waals surface area contributed by atoms with Gasteiger partial charge in [-0.05, 0) is 31.0 Å². The third-order valence-corrected chi connectivity index (χ3v) is 2.78. The highest BCUT2D eigenvalue weighted by atomic mass is 19.4. The van der Waals surface area contributed by atoms with Crippen LogP contribution in [0.4, 0.5) is 18.9 Å². The molecule has 0 saturated carbocycles. The highest BCUT2D eigenvalue weighted by Gasteiger charge is 2.34. The molecule has 0 aliphatic carbocycles. The predicted octanol–water partition coefficient (Wildman–Crippen LogP) is 3.92. The van der Waals surface area contributed by atoms with Gasteiger partial charge in [0.25, 0.3) is 0 Å². The molecule has 1 rings (SSSR count). The van der Waals surface area contributed by atoms with Gasteiger partial charge in [0, 0.05) is 24.8 Å². The molecular formula is C14H16F3NO. The number of halogens is 3. The maximum Gasteiger partial charge on any atom is 0.418 e. The molecule has 0 spiro atoms. The van der Waals surface area contributed by atoms with Crippen molar-refractivity contribution in [2.45, 2.75) is 19.0 Å². The fourth-order valence-corrected chi connectivity index (χ4v) is 1.78. The molecule has 0 amide bonds. The highest BCUT2D eigenvalue weighted by molar-refractivity contribution is 5.77. The Morgan fingerprint density at radius 2 is 2.05 bits per heavy atom. The van der Waals surface area contributed by atoms with Crippen LogP contribution in [0.1, 0.15) is 28.8 Å². The molecule has 0 N–H and O–H groups in total. The minimum absolute atomic E-state index is 0.0237. The number of benzene rings is 1. The largest absolute Gasteiger partial charge is 0.418 e. The van der Waals surface area contributed by atoms with Gasteiger partial charge in [0.15, 0.2) is 0 Å². The number of anilines is 1. The van der Waals surface area contributed by atoms with E-state index in [1.807, 2.05) is 0 Å². The molecule has 0 saturated heterocycles. The summed E-state index contributed by atoms with van der Waals surface area (Å²) >= 11 is 0. The van der Waals surface area contributed by atoms with Crippen molar-refractivity contribution < 1.29 is 18.0 Å². The highest BCUT2D eigenvalue weighted by Crippen LogP contribution is 2.36. The zero-order valence-electron chi connectivity index (χ0n) is 10.7. The van der Waals surface area contributed by atoms with Crippen molar-refractivity contribution in [3.05, 3.63) is 42.0 Å². The lowest BCUT2D eigenvalue weighted by Crippen LogP contribution is -2.22. The van der Waals surface area contributed by atoms with Gasteiger partial charge in [-0.1, -0.05) is 6.08 Å². The first-order valence-electron chi connectivity index (χ1n) is 5.88. The molecule has 0 unspecified atom stereocenters. The zero-order chi connectivity index (χ0) is 14.5. The van der Waals surface area contributed by atoms with Gasteiger partial charge in [-0.25, -0.2) is 0 Å². The summed E-state index contributed by atoms with van der Waals surface area (Å²) in [7, 11) is 1.61. The standard InChI is InChI=1S/C14H16F3NO/c1-3-4-5-8-18(2)13-7-6-11(10-19)9-12(13)14(15,16)17/h3,6-7,9-10H,1,4-5,8H2,2H3. The Morgan fingerprint density at radius 1 is 1.37 bits per heavy atom. The number of nitrogens with zero attached hydrogens (tertiary/aromatic N) is 1. The molecule has 0 heterocycles.